The third-order valence-electron chi connectivity index (χ3n) is 4.61. The zero-order valence-corrected chi connectivity index (χ0v) is 11.9. The maximum absolute atomic E-state index is 10.1. The molecule has 2 aliphatic rings. The first-order valence-electron chi connectivity index (χ1n) is 7.40. The number of piperidine rings is 1. The van der Waals surface area contributed by atoms with Crippen LogP contribution in [-0.2, 0) is 6.42 Å². The number of fused-ring (bicyclic) bond motifs is 3. The molecule has 19 heavy (non-hydrogen) atoms. The number of ether oxygens (including phenoxy) is 1. The Morgan fingerprint density at radius 3 is 3.05 bits per heavy atom. The minimum atomic E-state index is 0.307. The largest absolute Gasteiger partial charge is 0.504 e. The van der Waals surface area contributed by atoms with Gasteiger partial charge in [-0.3, -0.25) is 4.90 Å². The zero-order valence-electron chi connectivity index (χ0n) is 11.9. The molecule has 0 amide bonds. The molecular formula is C16H23NO2. The topological polar surface area (TPSA) is 32.7 Å². The van der Waals surface area contributed by atoms with Gasteiger partial charge in [-0.15, -0.1) is 0 Å². The van der Waals surface area contributed by atoms with Gasteiger partial charge in [0.2, 0.25) is 0 Å². The van der Waals surface area contributed by atoms with Crippen LogP contribution >= 0.6 is 0 Å². The molecule has 0 radical (unpaired) electrons. The number of benzene rings is 1. The summed E-state index contributed by atoms with van der Waals surface area (Å²) < 4.78 is 5.89. The van der Waals surface area contributed by atoms with E-state index in [-0.39, 0.29) is 0 Å². The maximum atomic E-state index is 10.1. The molecule has 0 bridgehead atoms. The summed E-state index contributed by atoms with van der Waals surface area (Å²) >= 11 is 0. The Bertz CT molecular complexity index is 472. The summed E-state index contributed by atoms with van der Waals surface area (Å²) in [5.41, 5.74) is 2.64. The lowest BCUT2D eigenvalue weighted by atomic mass is 9.79. The molecule has 1 aromatic rings. The molecule has 1 aromatic carbocycles. The van der Waals surface area contributed by atoms with Crippen LogP contribution in [0.2, 0.25) is 0 Å². The first-order chi connectivity index (χ1) is 9.22. The normalized spacial score (nSPS) is 26.4. The number of likely N-dealkylation sites (tertiary alicyclic amines) is 1. The van der Waals surface area contributed by atoms with E-state index in [1.54, 1.807) is 6.07 Å². The molecule has 104 valence electrons. The van der Waals surface area contributed by atoms with Crippen molar-refractivity contribution in [3.8, 4) is 11.5 Å². The van der Waals surface area contributed by atoms with Crippen molar-refractivity contribution in [1.82, 2.24) is 4.90 Å². The van der Waals surface area contributed by atoms with E-state index >= 15 is 0 Å². The van der Waals surface area contributed by atoms with Gasteiger partial charge in [0.25, 0.3) is 0 Å². The Morgan fingerprint density at radius 1 is 1.42 bits per heavy atom. The van der Waals surface area contributed by atoms with Gasteiger partial charge in [-0.25, -0.2) is 0 Å². The van der Waals surface area contributed by atoms with Crippen LogP contribution in [0.1, 0.15) is 43.2 Å². The van der Waals surface area contributed by atoms with Crippen molar-refractivity contribution >= 4 is 0 Å². The Labute approximate surface area is 115 Å². The smallest absolute Gasteiger partial charge is 0.164 e. The molecule has 3 nitrogen and oxygen atoms in total. The molecule has 0 saturated carbocycles. The van der Waals surface area contributed by atoms with Gasteiger partial charge in [-0.2, -0.15) is 0 Å². The maximum Gasteiger partial charge on any atom is 0.164 e. The molecule has 0 unspecified atom stereocenters. The average Bonchev–Trinajstić information content (AvgIpc) is 2.42. The molecule has 0 spiro atoms. The van der Waals surface area contributed by atoms with E-state index in [2.05, 4.69) is 24.9 Å². The quantitative estimate of drug-likeness (QED) is 0.888. The fourth-order valence-corrected chi connectivity index (χ4v) is 3.65. The number of hydrogen-bond donors (Lipinski definition) is 1. The number of aryl methyl sites for hydroxylation is 1. The highest BCUT2D eigenvalue weighted by Gasteiger charge is 2.38. The van der Waals surface area contributed by atoms with E-state index in [9.17, 15) is 5.11 Å². The Morgan fingerprint density at radius 2 is 2.26 bits per heavy atom. The van der Waals surface area contributed by atoms with Crippen molar-refractivity contribution in [2.24, 2.45) is 0 Å². The summed E-state index contributed by atoms with van der Waals surface area (Å²) in [7, 11) is 2.19. The minimum absolute atomic E-state index is 0.307. The van der Waals surface area contributed by atoms with Crippen LogP contribution in [0.5, 0.6) is 11.5 Å². The van der Waals surface area contributed by atoms with Gasteiger partial charge < -0.3 is 9.84 Å². The van der Waals surface area contributed by atoms with Crippen molar-refractivity contribution in [2.45, 2.75) is 44.6 Å². The highest BCUT2D eigenvalue weighted by Crippen LogP contribution is 2.46. The van der Waals surface area contributed by atoms with E-state index in [1.807, 2.05) is 0 Å². The second-order valence-corrected chi connectivity index (χ2v) is 5.84. The number of likely N-dealkylation sites (N-methyl/N-ethyl adjacent to an activating group) is 1. The van der Waals surface area contributed by atoms with Crippen molar-refractivity contribution in [2.75, 3.05) is 20.2 Å². The summed E-state index contributed by atoms with van der Waals surface area (Å²) in [5.74, 6) is 1.58. The van der Waals surface area contributed by atoms with Gasteiger partial charge in [-0.05, 0) is 44.5 Å². The van der Waals surface area contributed by atoms with E-state index in [0.717, 1.165) is 25.1 Å². The molecule has 1 fully saturated rings. The fourth-order valence-electron chi connectivity index (χ4n) is 3.65. The van der Waals surface area contributed by atoms with E-state index in [0.29, 0.717) is 24.3 Å². The standard InChI is InChI=1S/C16H23NO2/c1-3-5-11-7-8-14(18)16-15(11)12-6-4-9-17(2)13(12)10-19-16/h7-8,12-13,18H,3-6,9-10H2,1-2H3/t12-,13+/m1/s1. The van der Waals surface area contributed by atoms with Crippen LogP contribution in [0.3, 0.4) is 0 Å². The number of phenolic OH excluding ortho intramolecular Hbond substituents is 1. The number of rotatable bonds is 2. The Hall–Kier alpha value is -1.22. The molecule has 2 atom stereocenters. The third kappa shape index (κ3) is 2.10. The van der Waals surface area contributed by atoms with E-state index < -0.39 is 0 Å². The molecule has 3 heteroatoms. The third-order valence-corrected chi connectivity index (χ3v) is 4.61. The SMILES string of the molecule is CCCc1ccc(O)c2c1[C@@H]1CCCN(C)[C@H]1CO2. The second kappa shape index (κ2) is 5.04. The Kier molecular flexibility index (Phi) is 3.40. The lowest BCUT2D eigenvalue weighted by molar-refractivity contribution is 0.0843. The molecular weight excluding hydrogens is 238 g/mol. The van der Waals surface area contributed by atoms with Crippen LogP contribution in [0, 0.1) is 0 Å². The highest BCUT2D eigenvalue weighted by atomic mass is 16.5. The van der Waals surface area contributed by atoms with Crippen LogP contribution in [0.15, 0.2) is 12.1 Å². The first-order valence-corrected chi connectivity index (χ1v) is 7.40. The van der Waals surface area contributed by atoms with Crippen LogP contribution in [0.4, 0.5) is 0 Å². The van der Waals surface area contributed by atoms with Crippen LogP contribution < -0.4 is 4.74 Å². The molecule has 0 aromatic heterocycles. The van der Waals surface area contributed by atoms with E-state index in [4.69, 9.17) is 4.74 Å². The summed E-state index contributed by atoms with van der Waals surface area (Å²) in [6.45, 7) is 4.06. The predicted molar refractivity (Wildman–Crippen MR) is 76.0 cm³/mol. The van der Waals surface area contributed by atoms with Gasteiger partial charge in [0.1, 0.15) is 6.61 Å². The Balaban J connectivity index is 2.06. The van der Waals surface area contributed by atoms with Crippen molar-refractivity contribution in [3.05, 3.63) is 23.3 Å². The number of phenols is 1. The van der Waals surface area contributed by atoms with Gasteiger partial charge in [0.15, 0.2) is 11.5 Å². The minimum Gasteiger partial charge on any atom is -0.504 e. The van der Waals surface area contributed by atoms with Gasteiger partial charge >= 0.3 is 0 Å². The van der Waals surface area contributed by atoms with Crippen LogP contribution in [0.25, 0.3) is 0 Å². The molecule has 2 heterocycles. The molecule has 2 aliphatic heterocycles. The summed E-state index contributed by atoms with van der Waals surface area (Å²) in [6.07, 6.45) is 4.65. The second-order valence-electron chi connectivity index (χ2n) is 5.84. The van der Waals surface area contributed by atoms with E-state index in [1.165, 1.54) is 24.0 Å². The van der Waals surface area contributed by atoms with Crippen molar-refractivity contribution < 1.29 is 9.84 Å². The van der Waals surface area contributed by atoms with Crippen LogP contribution in [-0.4, -0.2) is 36.2 Å². The monoisotopic (exact) mass is 261 g/mol. The summed E-state index contributed by atoms with van der Waals surface area (Å²) in [4.78, 5) is 2.41. The zero-order chi connectivity index (χ0) is 13.4. The predicted octanol–water partition coefficient (Wildman–Crippen LogP) is 2.91. The fraction of sp³-hybridized carbons (Fsp3) is 0.625. The van der Waals surface area contributed by atoms with Gasteiger partial charge in [0.05, 0.1) is 6.04 Å². The van der Waals surface area contributed by atoms with Crippen molar-refractivity contribution in [1.29, 1.82) is 0 Å². The van der Waals surface area contributed by atoms with Gasteiger partial charge in [0, 0.05) is 11.5 Å². The number of aromatic hydroxyl groups is 1. The highest BCUT2D eigenvalue weighted by molar-refractivity contribution is 5.53. The average molecular weight is 261 g/mol. The molecule has 1 saturated heterocycles. The summed E-state index contributed by atoms with van der Waals surface area (Å²) in [5, 5.41) is 10.1. The molecule has 1 N–H and O–H groups in total. The lowest BCUT2D eigenvalue weighted by Crippen LogP contribution is -2.47. The number of hydrogen-bond acceptors (Lipinski definition) is 3. The lowest BCUT2D eigenvalue weighted by Gasteiger charge is -2.43. The van der Waals surface area contributed by atoms with Gasteiger partial charge in [-0.1, -0.05) is 19.4 Å². The summed E-state index contributed by atoms with van der Waals surface area (Å²) in [6, 6.07) is 4.34. The molecule has 3 rings (SSSR count). The first kappa shape index (κ1) is 12.8. The van der Waals surface area contributed by atoms with Crippen molar-refractivity contribution in [3.63, 3.8) is 0 Å². The molecule has 0 aliphatic carbocycles. The number of nitrogens with zero attached hydrogens (tertiary/aromatic N) is 1.